The van der Waals surface area contributed by atoms with E-state index < -0.39 is 0 Å². The van der Waals surface area contributed by atoms with E-state index in [0.717, 1.165) is 5.25 Å². The van der Waals surface area contributed by atoms with Gasteiger partial charge in [-0.15, -0.1) is 0 Å². The zero-order valence-electron chi connectivity index (χ0n) is 5.26. The first kappa shape index (κ1) is 6.43. The summed E-state index contributed by atoms with van der Waals surface area (Å²) in [5, 5.41) is 0.804. The molecule has 1 fully saturated rings. The molecule has 1 heterocycles. The van der Waals surface area contributed by atoms with Crippen molar-refractivity contribution in [3.63, 3.8) is 0 Å². The maximum absolute atomic E-state index is 5.71. The molecule has 1 nitrogen and oxygen atoms in total. The molecule has 2 N–H and O–H groups in total. The third kappa shape index (κ3) is 1.67. The first-order valence-electron chi connectivity index (χ1n) is 3.16. The Bertz CT molecular complexity index is 66.9. The molecule has 0 spiro atoms. The van der Waals surface area contributed by atoms with E-state index in [1.807, 2.05) is 11.8 Å². The van der Waals surface area contributed by atoms with Crippen LogP contribution in [0.1, 0.15) is 19.8 Å². The van der Waals surface area contributed by atoms with Gasteiger partial charge in [-0.2, -0.15) is 11.8 Å². The van der Waals surface area contributed by atoms with Gasteiger partial charge in [0.25, 0.3) is 0 Å². The van der Waals surface area contributed by atoms with Crippen LogP contribution in [0.15, 0.2) is 0 Å². The summed E-state index contributed by atoms with van der Waals surface area (Å²) in [6.07, 6.45) is 2.43. The second kappa shape index (κ2) is 2.74. The number of hydrogen-bond donors (Lipinski definition) is 1. The highest BCUT2D eigenvalue weighted by atomic mass is 32.2. The summed E-state index contributed by atoms with van der Waals surface area (Å²) in [7, 11) is 0. The molecule has 1 saturated heterocycles. The molecular weight excluding hydrogens is 118 g/mol. The van der Waals surface area contributed by atoms with Gasteiger partial charge in [-0.3, -0.25) is 0 Å². The van der Waals surface area contributed by atoms with Crippen LogP contribution < -0.4 is 5.73 Å². The molecule has 0 aromatic carbocycles. The highest BCUT2D eigenvalue weighted by molar-refractivity contribution is 7.99. The standard InChI is InChI=1S/C6H13NS/c1-5-4-6(7)2-3-8-5/h5-6H,2-4,7H2,1H3/t5-,6+/m1/s1. The second-order valence-electron chi connectivity index (χ2n) is 2.47. The van der Waals surface area contributed by atoms with Crippen molar-refractivity contribution in [2.75, 3.05) is 5.75 Å². The Labute approximate surface area is 55.0 Å². The third-order valence-corrected chi connectivity index (χ3v) is 2.76. The van der Waals surface area contributed by atoms with Gasteiger partial charge in [0, 0.05) is 11.3 Å². The first-order valence-corrected chi connectivity index (χ1v) is 4.21. The summed E-state index contributed by atoms with van der Waals surface area (Å²) < 4.78 is 0. The lowest BCUT2D eigenvalue weighted by molar-refractivity contribution is 0.581. The molecule has 1 aliphatic rings. The summed E-state index contributed by atoms with van der Waals surface area (Å²) in [6, 6.07) is 0.492. The molecule has 8 heavy (non-hydrogen) atoms. The van der Waals surface area contributed by atoms with Crippen molar-refractivity contribution in [1.29, 1.82) is 0 Å². The van der Waals surface area contributed by atoms with Crippen LogP contribution in [-0.4, -0.2) is 17.0 Å². The Morgan fingerprint density at radius 1 is 1.62 bits per heavy atom. The van der Waals surface area contributed by atoms with E-state index in [1.165, 1.54) is 18.6 Å². The largest absolute Gasteiger partial charge is 0.328 e. The maximum atomic E-state index is 5.71. The molecule has 0 aliphatic carbocycles. The predicted octanol–water partition coefficient (Wildman–Crippen LogP) is 1.23. The SMILES string of the molecule is C[C@@H]1C[C@@H](N)CCS1. The summed E-state index contributed by atoms with van der Waals surface area (Å²) in [4.78, 5) is 0. The van der Waals surface area contributed by atoms with Crippen molar-refractivity contribution in [3.05, 3.63) is 0 Å². The van der Waals surface area contributed by atoms with Gasteiger partial charge in [-0.1, -0.05) is 6.92 Å². The Hall–Kier alpha value is 0.310. The quantitative estimate of drug-likeness (QED) is 0.535. The van der Waals surface area contributed by atoms with Gasteiger partial charge in [0.15, 0.2) is 0 Å². The van der Waals surface area contributed by atoms with Gasteiger partial charge in [0.2, 0.25) is 0 Å². The van der Waals surface area contributed by atoms with E-state index in [2.05, 4.69) is 6.92 Å². The Morgan fingerprint density at radius 2 is 2.38 bits per heavy atom. The minimum Gasteiger partial charge on any atom is -0.328 e. The van der Waals surface area contributed by atoms with Gasteiger partial charge < -0.3 is 5.73 Å². The lowest BCUT2D eigenvalue weighted by Crippen LogP contribution is -2.28. The van der Waals surface area contributed by atoms with Crippen LogP contribution in [0.4, 0.5) is 0 Å². The van der Waals surface area contributed by atoms with Gasteiger partial charge in [0.1, 0.15) is 0 Å². The molecule has 0 amide bonds. The van der Waals surface area contributed by atoms with Crippen molar-refractivity contribution in [3.8, 4) is 0 Å². The fraction of sp³-hybridized carbons (Fsp3) is 1.00. The number of nitrogens with two attached hydrogens (primary N) is 1. The third-order valence-electron chi connectivity index (χ3n) is 1.53. The first-order chi connectivity index (χ1) is 3.79. The van der Waals surface area contributed by atoms with Crippen molar-refractivity contribution in [1.82, 2.24) is 0 Å². The normalized spacial score (nSPS) is 39.8. The van der Waals surface area contributed by atoms with Crippen LogP contribution in [0, 0.1) is 0 Å². The average Bonchev–Trinajstić information content (AvgIpc) is 1.64. The zero-order chi connectivity index (χ0) is 5.98. The van der Waals surface area contributed by atoms with Crippen molar-refractivity contribution < 1.29 is 0 Å². The fourth-order valence-corrected chi connectivity index (χ4v) is 2.26. The lowest BCUT2D eigenvalue weighted by Gasteiger charge is -2.22. The van der Waals surface area contributed by atoms with Gasteiger partial charge >= 0.3 is 0 Å². The van der Waals surface area contributed by atoms with E-state index in [1.54, 1.807) is 0 Å². The number of thioether (sulfide) groups is 1. The molecule has 2 heteroatoms. The molecule has 2 atom stereocenters. The zero-order valence-corrected chi connectivity index (χ0v) is 6.08. The molecule has 0 aromatic heterocycles. The molecule has 0 saturated carbocycles. The summed E-state index contributed by atoms with van der Waals surface area (Å²) >= 11 is 2.04. The molecule has 0 aromatic rings. The van der Waals surface area contributed by atoms with Crippen LogP contribution >= 0.6 is 11.8 Å². The van der Waals surface area contributed by atoms with Crippen LogP contribution in [0.2, 0.25) is 0 Å². The van der Waals surface area contributed by atoms with Crippen LogP contribution in [0.5, 0.6) is 0 Å². The molecule has 48 valence electrons. The Balaban J connectivity index is 2.23. The highest BCUT2D eigenvalue weighted by Crippen LogP contribution is 2.23. The lowest BCUT2D eigenvalue weighted by atomic mass is 10.1. The van der Waals surface area contributed by atoms with Crippen molar-refractivity contribution in [2.45, 2.75) is 31.1 Å². The van der Waals surface area contributed by atoms with E-state index in [9.17, 15) is 0 Å². The number of hydrogen-bond acceptors (Lipinski definition) is 2. The van der Waals surface area contributed by atoms with E-state index in [4.69, 9.17) is 5.73 Å². The van der Waals surface area contributed by atoms with Gasteiger partial charge in [-0.25, -0.2) is 0 Å². The molecule has 0 radical (unpaired) electrons. The second-order valence-corrected chi connectivity index (χ2v) is 4.01. The van der Waals surface area contributed by atoms with Crippen LogP contribution in [-0.2, 0) is 0 Å². The Kier molecular flexibility index (Phi) is 2.20. The molecule has 1 rings (SSSR count). The molecule has 0 bridgehead atoms. The molecular formula is C6H13NS. The smallest absolute Gasteiger partial charge is 0.00571 e. The van der Waals surface area contributed by atoms with Gasteiger partial charge in [0.05, 0.1) is 0 Å². The molecule has 1 aliphatic heterocycles. The monoisotopic (exact) mass is 131 g/mol. The van der Waals surface area contributed by atoms with Crippen LogP contribution in [0.3, 0.4) is 0 Å². The summed E-state index contributed by atoms with van der Waals surface area (Å²) in [5.74, 6) is 1.27. The Morgan fingerprint density at radius 3 is 2.75 bits per heavy atom. The van der Waals surface area contributed by atoms with Gasteiger partial charge in [-0.05, 0) is 18.6 Å². The summed E-state index contributed by atoms with van der Waals surface area (Å²) in [5.41, 5.74) is 5.71. The fourth-order valence-electron chi connectivity index (χ4n) is 1.03. The number of rotatable bonds is 0. The van der Waals surface area contributed by atoms with Crippen LogP contribution in [0.25, 0.3) is 0 Å². The topological polar surface area (TPSA) is 26.0 Å². The van der Waals surface area contributed by atoms with Crippen molar-refractivity contribution >= 4 is 11.8 Å². The van der Waals surface area contributed by atoms with E-state index in [0.29, 0.717) is 6.04 Å². The van der Waals surface area contributed by atoms with E-state index in [-0.39, 0.29) is 0 Å². The highest BCUT2D eigenvalue weighted by Gasteiger charge is 2.14. The molecule has 0 unspecified atom stereocenters. The summed E-state index contributed by atoms with van der Waals surface area (Å²) in [6.45, 7) is 2.25. The van der Waals surface area contributed by atoms with Crippen molar-refractivity contribution in [2.24, 2.45) is 5.73 Å². The minimum absolute atomic E-state index is 0.492. The predicted molar refractivity (Wildman–Crippen MR) is 39.1 cm³/mol. The maximum Gasteiger partial charge on any atom is 0.00571 e. The van der Waals surface area contributed by atoms with E-state index >= 15 is 0 Å². The average molecular weight is 131 g/mol. The minimum atomic E-state index is 0.492.